The van der Waals surface area contributed by atoms with Crippen molar-refractivity contribution in [2.24, 2.45) is 0 Å². The maximum atomic E-state index is 12.5. The molecule has 0 unspecified atom stereocenters. The van der Waals surface area contributed by atoms with Gasteiger partial charge in [0.25, 0.3) is 5.91 Å². The van der Waals surface area contributed by atoms with Gasteiger partial charge in [-0.1, -0.05) is 6.07 Å². The highest BCUT2D eigenvalue weighted by molar-refractivity contribution is 6.08. The molecule has 1 aromatic carbocycles. The minimum atomic E-state index is -0.626. The summed E-state index contributed by atoms with van der Waals surface area (Å²) in [4.78, 5) is 37.9. The Bertz CT molecular complexity index is 756. The number of aliphatic hydroxyl groups is 1. The van der Waals surface area contributed by atoms with Crippen molar-refractivity contribution in [2.45, 2.75) is 13.8 Å². The molecule has 1 aliphatic rings. The van der Waals surface area contributed by atoms with E-state index in [1.807, 2.05) is 0 Å². The molecule has 140 valence electrons. The standard InChI is InChI=1S/C18H22N2O6/c1-4-26-18(24)13-9-12(6-5-11(13)2)19-15-14(17(23)25-3)10-20(7-8-21)16(15)22/h5-6,9,19,21H,4,7-8,10H2,1-3H3. The van der Waals surface area contributed by atoms with Gasteiger partial charge in [0.05, 0.1) is 38.0 Å². The molecular weight excluding hydrogens is 340 g/mol. The molecule has 0 aromatic heterocycles. The number of methoxy groups -OCH3 is 1. The number of carbonyl (C=O) groups is 3. The first-order valence-corrected chi connectivity index (χ1v) is 8.19. The highest BCUT2D eigenvalue weighted by Crippen LogP contribution is 2.24. The second-order valence-corrected chi connectivity index (χ2v) is 5.67. The normalized spacial score (nSPS) is 13.8. The lowest BCUT2D eigenvalue weighted by Gasteiger charge is -2.15. The molecule has 2 N–H and O–H groups in total. The molecule has 2 rings (SSSR count). The van der Waals surface area contributed by atoms with E-state index in [2.05, 4.69) is 5.32 Å². The second-order valence-electron chi connectivity index (χ2n) is 5.67. The third-order valence-electron chi connectivity index (χ3n) is 3.96. The number of anilines is 1. The van der Waals surface area contributed by atoms with E-state index in [1.54, 1.807) is 32.0 Å². The minimum absolute atomic E-state index is 0.0466. The average Bonchev–Trinajstić information content (AvgIpc) is 2.92. The Kier molecular flexibility index (Phi) is 6.35. The number of hydrogen-bond donors (Lipinski definition) is 2. The van der Waals surface area contributed by atoms with Gasteiger partial charge in [0.2, 0.25) is 0 Å². The van der Waals surface area contributed by atoms with Crippen molar-refractivity contribution >= 4 is 23.5 Å². The molecule has 0 aliphatic carbocycles. The van der Waals surface area contributed by atoms with Crippen LogP contribution >= 0.6 is 0 Å². The number of esters is 2. The number of nitrogens with zero attached hydrogens (tertiary/aromatic N) is 1. The lowest BCUT2D eigenvalue weighted by molar-refractivity contribution is -0.136. The molecule has 0 bridgehead atoms. The first kappa shape index (κ1) is 19.5. The molecule has 8 heteroatoms. The zero-order chi connectivity index (χ0) is 19.3. The van der Waals surface area contributed by atoms with Crippen LogP contribution in [0.2, 0.25) is 0 Å². The highest BCUT2D eigenvalue weighted by Gasteiger charge is 2.34. The summed E-state index contributed by atoms with van der Waals surface area (Å²) in [6, 6.07) is 4.98. The molecule has 0 spiro atoms. The average molecular weight is 362 g/mol. The Balaban J connectivity index is 2.34. The fourth-order valence-electron chi connectivity index (χ4n) is 2.62. The number of amides is 1. The maximum Gasteiger partial charge on any atom is 0.338 e. The van der Waals surface area contributed by atoms with Crippen LogP contribution in [-0.4, -0.2) is 61.3 Å². The topological polar surface area (TPSA) is 105 Å². The largest absolute Gasteiger partial charge is 0.466 e. The lowest BCUT2D eigenvalue weighted by Crippen LogP contribution is -2.31. The van der Waals surface area contributed by atoms with Crippen molar-refractivity contribution in [3.8, 4) is 0 Å². The summed E-state index contributed by atoms with van der Waals surface area (Å²) in [5.41, 5.74) is 1.81. The summed E-state index contributed by atoms with van der Waals surface area (Å²) >= 11 is 0. The lowest BCUT2D eigenvalue weighted by atomic mass is 10.1. The number of rotatable bonds is 7. The number of aliphatic hydroxyl groups excluding tert-OH is 1. The van der Waals surface area contributed by atoms with Crippen LogP contribution in [0.4, 0.5) is 5.69 Å². The molecule has 0 saturated carbocycles. The van der Waals surface area contributed by atoms with Crippen LogP contribution in [0, 0.1) is 6.92 Å². The van der Waals surface area contributed by atoms with Gasteiger partial charge in [0.1, 0.15) is 5.70 Å². The SMILES string of the molecule is CCOC(=O)c1cc(NC2=C(C(=O)OC)CN(CCO)C2=O)ccc1C. The summed E-state index contributed by atoms with van der Waals surface area (Å²) < 4.78 is 9.76. The van der Waals surface area contributed by atoms with Crippen LogP contribution < -0.4 is 5.32 Å². The van der Waals surface area contributed by atoms with Gasteiger partial charge in [-0.2, -0.15) is 0 Å². The summed E-state index contributed by atoms with van der Waals surface area (Å²) in [5.74, 6) is -1.51. The molecule has 0 saturated heterocycles. The van der Waals surface area contributed by atoms with Gasteiger partial charge in [0.15, 0.2) is 0 Å². The maximum absolute atomic E-state index is 12.5. The van der Waals surface area contributed by atoms with Crippen molar-refractivity contribution in [2.75, 3.05) is 38.7 Å². The Hall–Kier alpha value is -2.87. The van der Waals surface area contributed by atoms with E-state index in [0.29, 0.717) is 11.3 Å². The first-order chi connectivity index (χ1) is 12.4. The Morgan fingerprint density at radius 1 is 1.31 bits per heavy atom. The molecule has 1 amide bonds. The van der Waals surface area contributed by atoms with Gasteiger partial charge in [-0.3, -0.25) is 4.79 Å². The minimum Gasteiger partial charge on any atom is -0.466 e. The van der Waals surface area contributed by atoms with E-state index in [9.17, 15) is 14.4 Å². The van der Waals surface area contributed by atoms with Crippen LogP contribution in [0.15, 0.2) is 29.5 Å². The van der Waals surface area contributed by atoms with Crippen LogP contribution in [0.3, 0.4) is 0 Å². The fourth-order valence-corrected chi connectivity index (χ4v) is 2.62. The number of carbonyl (C=O) groups excluding carboxylic acids is 3. The quantitative estimate of drug-likeness (QED) is 0.693. The van der Waals surface area contributed by atoms with E-state index in [-0.39, 0.29) is 37.6 Å². The van der Waals surface area contributed by atoms with Crippen molar-refractivity contribution < 1.29 is 29.0 Å². The number of aryl methyl sites for hydroxylation is 1. The summed E-state index contributed by atoms with van der Waals surface area (Å²) in [6.07, 6.45) is 0. The monoisotopic (exact) mass is 362 g/mol. The van der Waals surface area contributed by atoms with Crippen LogP contribution in [0.5, 0.6) is 0 Å². The smallest absolute Gasteiger partial charge is 0.338 e. The van der Waals surface area contributed by atoms with Crippen molar-refractivity contribution in [1.29, 1.82) is 0 Å². The van der Waals surface area contributed by atoms with Gasteiger partial charge in [-0.05, 0) is 31.5 Å². The predicted molar refractivity (Wildman–Crippen MR) is 93.5 cm³/mol. The summed E-state index contributed by atoms with van der Waals surface area (Å²) in [6.45, 7) is 3.68. The Morgan fingerprint density at radius 2 is 2.04 bits per heavy atom. The Morgan fingerprint density at radius 3 is 2.65 bits per heavy atom. The van der Waals surface area contributed by atoms with E-state index in [0.717, 1.165) is 5.56 Å². The van der Waals surface area contributed by atoms with E-state index in [4.69, 9.17) is 14.6 Å². The number of hydrogen-bond acceptors (Lipinski definition) is 7. The van der Waals surface area contributed by atoms with Crippen molar-refractivity contribution in [1.82, 2.24) is 4.90 Å². The molecule has 8 nitrogen and oxygen atoms in total. The number of nitrogens with one attached hydrogen (secondary N) is 1. The third kappa shape index (κ3) is 4.02. The second kappa shape index (κ2) is 8.48. The van der Waals surface area contributed by atoms with Gasteiger partial charge in [-0.15, -0.1) is 0 Å². The molecule has 0 atom stereocenters. The molecule has 0 radical (unpaired) electrons. The zero-order valence-electron chi connectivity index (χ0n) is 15.0. The van der Waals surface area contributed by atoms with Crippen LogP contribution in [0.1, 0.15) is 22.8 Å². The molecule has 1 heterocycles. The predicted octanol–water partition coefficient (Wildman–Crippen LogP) is 0.845. The molecular formula is C18H22N2O6. The number of β-amino-alcohol motifs (C(OH)–C–C–N with tert-alkyl or cyclic N) is 1. The molecule has 0 fully saturated rings. The van der Waals surface area contributed by atoms with E-state index >= 15 is 0 Å². The van der Waals surface area contributed by atoms with Crippen molar-refractivity contribution in [3.63, 3.8) is 0 Å². The van der Waals surface area contributed by atoms with Gasteiger partial charge in [-0.25, -0.2) is 9.59 Å². The first-order valence-electron chi connectivity index (χ1n) is 8.19. The van der Waals surface area contributed by atoms with Gasteiger partial charge >= 0.3 is 11.9 Å². The number of ether oxygens (including phenoxy) is 2. The zero-order valence-corrected chi connectivity index (χ0v) is 15.0. The number of benzene rings is 1. The third-order valence-corrected chi connectivity index (χ3v) is 3.96. The van der Waals surface area contributed by atoms with E-state index in [1.165, 1.54) is 12.0 Å². The van der Waals surface area contributed by atoms with Crippen LogP contribution in [0.25, 0.3) is 0 Å². The summed E-state index contributed by atoms with van der Waals surface area (Å²) in [7, 11) is 1.23. The van der Waals surface area contributed by atoms with Crippen molar-refractivity contribution in [3.05, 3.63) is 40.6 Å². The van der Waals surface area contributed by atoms with Crippen LogP contribution in [-0.2, 0) is 19.1 Å². The molecule has 26 heavy (non-hydrogen) atoms. The van der Waals surface area contributed by atoms with E-state index < -0.39 is 17.8 Å². The summed E-state index contributed by atoms with van der Waals surface area (Å²) in [5, 5.41) is 12.0. The van der Waals surface area contributed by atoms with Gasteiger partial charge < -0.3 is 24.8 Å². The molecule has 1 aromatic rings. The highest BCUT2D eigenvalue weighted by atomic mass is 16.5. The Labute approximate surface area is 151 Å². The fraction of sp³-hybridized carbons (Fsp3) is 0.389. The molecule has 1 aliphatic heterocycles. The van der Waals surface area contributed by atoms with Gasteiger partial charge in [0, 0.05) is 12.2 Å².